The number of rotatable bonds is 6. The zero-order valence-electron chi connectivity index (χ0n) is 16.9. The average molecular weight is 454 g/mol. The summed E-state index contributed by atoms with van der Waals surface area (Å²) < 4.78 is 46.4. The summed E-state index contributed by atoms with van der Waals surface area (Å²) >= 11 is 0. The number of halogens is 1. The highest BCUT2D eigenvalue weighted by Crippen LogP contribution is 2.37. The van der Waals surface area contributed by atoms with Gasteiger partial charge < -0.3 is 14.9 Å². The fourth-order valence-corrected chi connectivity index (χ4v) is 4.69. The van der Waals surface area contributed by atoms with Crippen molar-refractivity contribution in [2.75, 3.05) is 7.11 Å². The Balaban J connectivity index is 1.75. The van der Waals surface area contributed by atoms with Crippen molar-refractivity contribution in [1.82, 2.24) is 9.78 Å². The molecule has 0 aliphatic carbocycles. The Kier molecular flexibility index (Phi) is 5.58. The number of phenols is 2. The highest BCUT2D eigenvalue weighted by atomic mass is 32.2. The Hall–Kier alpha value is -3.85. The summed E-state index contributed by atoms with van der Waals surface area (Å²) in [6, 6.07) is 15.9. The average Bonchev–Trinajstić information content (AvgIpc) is 3.25. The summed E-state index contributed by atoms with van der Waals surface area (Å²) in [5.74, 6) is -1.18. The Morgan fingerprint density at radius 3 is 2.41 bits per heavy atom. The van der Waals surface area contributed by atoms with Crippen molar-refractivity contribution in [1.29, 1.82) is 0 Å². The Morgan fingerprint density at radius 1 is 1.00 bits per heavy atom. The fraction of sp³-hybridized carbons (Fsp3) is 0.0870. The van der Waals surface area contributed by atoms with Crippen LogP contribution in [0, 0.1) is 5.82 Å². The minimum absolute atomic E-state index is 0.0590. The number of hydrogen-bond donors (Lipinski definition) is 2. The molecule has 0 aliphatic heterocycles. The molecule has 0 radical (unpaired) electrons. The van der Waals surface area contributed by atoms with Crippen LogP contribution in [-0.4, -0.2) is 35.5 Å². The van der Waals surface area contributed by atoms with Crippen LogP contribution in [0.4, 0.5) is 4.39 Å². The highest BCUT2D eigenvalue weighted by Gasteiger charge is 2.21. The Bertz CT molecular complexity index is 1380. The van der Waals surface area contributed by atoms with Crippen LogP contribution in [0.5, 0.6) is 17.2 Å². The van der Waals surface area contributed by atoms with Crippen molar-refractivity contribution in [3.8, 4) is 34.2 Å². The van der Waals surface area contributed by atoms with Gasteiger partial charge in [-0.15, -0.1) is 0 Å². The number of benzene rings is 3. The van der Waals surface area contributed by atoms with Gasteiger partial charge in [0.1, 0.15) is 28.8 Å². The Morgan fingerprint density at radius 2 is 1.72 bits per heavy atom. The summed E-state index contributed by atoms with van der Waals surface area (Å²) in [6.45, 7) is 0. The lowest BCUT2D eigenvalue weighted by molar-refractivity contribution is 0.414. The molecule has 0 saturated heterocycles. The van der Waals surface area contributed by atoms with Gasteiger partial charge in [-0.3, -0.25) is 0 Å². The molecule has 4 rings (SSSR count). The van der Waals surface area contributed by atoms with Gasteiger partial charge in [0.05, 0.1) is 29.6 Å². The minimum Gasteiger partial charge on any atom is -0.507 e. The quantitative estimate of drug-likeness (QED) is 0.455. The van der Waals surface area contributed by atoms with Crippen molar-refractivity contribution in [2.24, 2.45) is 0 Å². The standard InChI is InChI=1S/C23H19FN2O5S/c1-31-16-6-8-17(9-7-16)32(29,30)14-15-12-18(23(28)13-22(15)27)20-10-11-25-26(20)21-5-3-2-4-19(21)24/h2-13,27-28H,14H2,1H3. The summed E-state index contributed by atoms with van der Waals surface area (Å²) in [7, 11) is -2.33. The number of para-hydroxylation sites is 1. The molecule has 0 aliphatic rings. The molecule has 164 valence electrons. The van der Waals surface area contributed by atoms with Crippen LogP contribution < -0.4 is 4.74 Å². The lowest BCUT2D eigenvalue weighted by atomic mass is 10.1. The second-order valence-electron chi connectivity index (χ2n) is 7.01. The molecule has 1 heterocycles. The lowest BCUT2D eigenvalue weighted by Crippen LogP contribution is -2.06. The van der Waals surface area contributed by atoms with Gasteiger partial charge in [0, 0.05) is 17.2 Å². The molecule has 0 fully saturated rings. The van der Waals surface area contributed by atoms with E-state index in [0.717, 1.165) is 6.07 Å². The van der Waals surface area contributed by atoms with E-state index in [1.54, 1.807) is 18.2 Å². The molecule has 9 heteroatoms. The molecule has 7 nitrogen and oxygen atoms in total. The molecule has 32 heavy (non-hydrogen) atoms. The van der Waals surface area contributed by atoms with Crippen LogP contribution in [0.1, 0.15) is 5.56 Å². The SMILES string of the molecule is COc1ccc(S(=O)(=O)Cc2cc(-c3ccnn3-c3ccccc3F)c(O)cc2O)cc1. The largest absolute Gasteiger partial charge is 0.507 e. The van der Waals surface area contributed by atoms with Crippen molar-refractivity contribution >= 4 is 9.84 Å². The molecule has 4 aromatic rings. The van der Waals surface area contributed by atoms with Crippen molar-refractivity contribution < 1.29 is 27.8 Å². The van der Waals surface area contributed by atoms with E-state index in [4.69, 9.17) is 4.74 Å². The molecule has 0 bridgehead atoms. The van der Waals surface area contributed by atoms with Crippen molar-refractivity contribution in [3.05, 3.63) is 84.3 Å². The maximum Gasteiger partial charge on any atom is 0.182 e. The molecule has 0 saturated carbocycles. The molecule has 1 aromatic heterocycles. The number of aromatic hydroxyl groups is 2. The van der Waals surface area contributed by atoms with E-state index in [9.17, 15) is 23.0 Å². The summed E-state index contributed by atoms with van der Waals surface area (Å²) in [5.41, 5.74) is 0.765. The molecular formula is C23H19FN2O5S. The summed E-state index contributed by atoms with van der Waals surface area (Å²) in [5, 5.41) is 24.9. The zero-order valence-corrected chi connectivity index (χ0v) is 17.8. The van der Waals surface area contributed by atoms with Gasteiger partial charge in [-0.05, 0) is 48.5 Å². The van der Waals surface area contributed by atoms with Crippen molar-refractivity contribution in [2.45, 2.75) is 10.6 Å². The van der Waals surface area contributed by atoms with E-state index >= 15 is 0 Å². The van der Waals surface area contributed by atoms with E-state index < -0.39 is 21.4 Å². The topological polar surface area (TPSA) is 102 Å². The van der Waals surface area contributed by atoms with E-state index in [1.807, 2.05) is 0 Å². The third-order valence-corrected chi connectivity index (χ3v) is 6.64. The van der Waals surface area contributed by atoms with E-state index in [1.165, 1.54) is 60.5 Å². The van der Waals surface area contributed by atoms with E-state index in [-0.39, 0.29) is 33.2 Å². The number of ether oxygens (including phenoxy) is 1. The number of methoxy groups -OCH3 is 1. The van der Waals surface area contributed by atoms with Crippen LogP contribution >= 0.6 is 0 Å². The van der Waals surface area contributed by atoms with Crippen molar-refractivity contribution in [3.63, 3.8) is 0 Å². The lowest BCUT2D eigenvalue weighted by Gasteiger charge is -2.13. The summed E-state index contributed by atoms with van der Waals surface area (Å²) in [4.78, 5) is 0.0590. The van der Waals surface area contributed by atoms with Crippen LogP contribution in [0.15, 0.2) is 77.8 Å². The first kappa shape index (κ1) is 21.4. The molecule has 0 spiro atoms. The third-order valence-electron chi connectivity index (χ3n) is 4.96. The molecule has 0 unspecified atom stereocenters. The van der Waals surface area contributed by atoms with Gasteiger partial charge in [-0.2, -0.15) is 5.10 Å². The summed E-state index contributed by atoms with van der Waals surface area (Å²) in [6.07, 6.45) is 1.43. The van der Waals surface area contributed by atoms with Gasteiger partial charge >= 0.3 is 0 Å². The van der Waals surface area contributed by atoms with Gasteiger partial charge in [-0.1, -0.05) is 12.1 Å². The molecule has 2 N–H and O–H groups in total. The predicted octanol–water partition coefficient (Wildman–Crippen LogP) is 4.07. The van der Waals surface area contributed by atoms with Gasteiger partial charge in [0.15, 0.2) is 9.84 Å². The smallest absolute Gasteiger partial charge is 0.182 e. The highest BCUT2D eigenvalue weighted by molar-refractivity contribution is 7.90. The van der Waals surface area contributed by atoms with Gasteiger partial charge in [-0.25, -0.2) is 17.5 Å². The first-order valence-electron chi connectivity index (χ1n) is 9.51. The van der Waals surface area contributed by atoms with Crippen LogP contribution in [-0.2, 0) is 15.6 Å². The minimum atomic E-state index is -3.81. The fourth-order valence-electron chi connectivity index (χ4n) is 3.34. The number of hydrogen-bond acceptors (Lipinski definition) is 6. The third kappa shape index (κ3) is 4.02. The maximum atomic E-state index is 14.3. The zero-order chi connectivity index (χ0) is 22.9. The number of nitrogens with zero attached hydrogens (tertiary/aromatic N) is 2. The number of sulfone groups is 1. The second-order valence-corrected chi connectivity index (χ2v) is 9.00. The molecule has 0 atom stereocenters. The van der Waals surface area contributed by atoms with E-state index in [0.29, 0.717) is 11.4 Å². The Labute approximate surface area is 183 Å². The van der Waals surface area contributed by atoms with Gasteiger partial charge in [0.2, 0.25) is 0 Å². The number of phenolic OH excluding ortho intramolecular Hbond substituents is 2. The first-order chi connectivity index (χ1) is 15.3. The molecule has 3 aromatic carbocycles. The normalized spacial score (nSPS) is 11.4. The molecular weight excluding hydrogens is 435 g/mol. The first-order valence-corrected chi connectivity index (χ1v) is 11.2. The monoisotopic (exact) mass is 454 g/mol. The molecule has 0 amide bonds. The van der Waals surface area contributed by atoms with E-state index in [2.05, 4.69) is 5.10 Å². The predicted molar refractivity (Wildman–Crippen MR) is 116 cm³/mol. The van der Waals surface area contributed by atoms with Crippen LogP contribution in [0.25, 0.3) is 16.9 Å². The maximum absolute atomic E-state index is 14.3. The second kappa shape index (κ2) is 8.35. The number of aromatic nitrogens is 2. The van der Waals surface area contributed by atoms with Gasteiger partial charge in [0.25, 0.3) is 0 Å². The van der Waals surface area contributed by atoms with Crippen LogP contribution in [0.2, 0.25) is 0 Å². The van der Waals surface area contributed by atoms with Crippen LogP contribution in [0.3, 0.4) is 0 Å².